The first-order valence-electron chi connectivity index (χ1n) is 8.15. The van der Waals surface area contributed by atoms with E-state index in [9.17, 15) is 4.79 Å². The highest BCUT2D eigenvalue weighted by Crippen LogP contribution is 2.29. The molecule has 0 aliphatic carbocycles. The Morgan fingerprint density at radius 3 is 2.85 bits per heavy atom. The van der Waals surface area contributed by atoms with Gasteiger partial charge in [0.25, 0.3) is 0 Å². The van der Waals surface area contributed by atoms with E-state index in [2.05, 4.69) is 40.7 Å². The van der Waals surface area contributed by atoms with Crippen molar-refractivity contribution >= 4 is 51.2 Å². The SMILES string of the molecule is Cc1cccc(Nc2nnc(SCC(=O)NC(C)c3cccs3)s2)c1C. The number of aryl methyl sites for hydroxylation is 1. The van der Waals surface area contributed by atoms with Crippen molar-refractivity contribution in [3.63, 3.8) is 0 Å². The summed E-state index contributed by atoms with van der Waals surface area (Å²) in [5, 5.41) is 17.4. The molecule has 0 aliphatic heterocycles. The number of rotatable bonds is 7. The molecule has 136 valence electrons. The Kier molecular flexibility index (Phi) is 6.29. The number of hydrogen-bond acceptors (Lipinski definition) is 7. The number of amides is 1. The summed E-state index contributed by atoms with van der Waals surface area (Å²) in [5.74, 6) is 0.323. The Balaban J connectivity index is 1.52. The molecule has 0 aliphatic rings. The molecule has 2 aromatic heterocycles. The fraction of sp³-hybridized carbons (Fsp3) is 0.278. The highest BCUT2D eigenvalue weighted by Gasteiger charge is 2.13. The third kappa shape index (κ3) is 4.84. The lowest BCUT2D eigenvalue weighted by atomic mass is 10.1. The second-order valence-electron chi connectivity index (χ2n) is 5.84. The molecule has 1 amide bonds. The minimum absolute atomic E-state index is 0.00450. The fourth-order valence-electron chi connectivity index (χ4n) is 2.34. The molecule has 26 heavy (non-hydrogen) atoms. The van der Waals surface area contributed by atoms with Crippen molar-refractivity contribution < 1.29 is 4.79 Å². The molecule has 3 rings (SSSR count). The first kappa shape index (κ1) is 18.9. The zero-order chi connectivity index (χ0) is 18.5. The van der Waals surface area contributed by atoms with E-state index in [0.717, 1.165) is 20.0 Å². The van der Waals surface area contributed by atoms with Gasteiger partial charge >= 0.3 is 0 Å². The van der Waals surface area contributed by atoms with E-state index in [1.165, 1.54) is 34.2 Å². The van der Waals surface area contributed by atoms with E-state index in [1.54, 1.807) is 11.3 Å². The van der Waals surface area contributed by atoms with Crippen LogP contribution in [0.3, 0.4) is 0 Å². The van der Waals surface area contributed by atoms with Gasteiger partial charge < -0.3 is 10.6 Å². The van der Waals surface area contributed by atoms with Crippen LogP contribution >= 0.6 is 34.4 Å². The molecule has 5 nitrogen and oxygen atoms in total. The molecule has 0 bridgehead atoms. The van der Waals surface area contributed by atoms with Crippen molar-refractivity contribution in [1.29, 1.82) is 0 Å². The molecule has 1 atom stereocenters. The van der Waals surface area contributed by atoms with Gasteiger partial charge in [0.1, 0.15) is 0 Å². The maximum absolute atomic E-state index is 12.1. The number of nitrogens with zero attached hydrogens (tertiary/aromatic N) is 2. The van der Waals surface area contributed by atoms with Crippen LogP contribution in [0.1, 0.15) is 29.0 Å². The molecular weight excluding hydrogens is 384 g/mol. The monoisotopic (exact) mass is 404 g/mol. The fourth-order valence-corrected chi connectivity index (χ4v) is 4.65. The van der Waals surface area contributed by atoms with Gasteiger partial charge in [0.05, 0.1) is 11.8 Å². The minimum atomic E-state index is -0.00450. The van der Waals surface area contributed by atoms with E-state index in [-0.39, 0.29) is 11.9 Å². The molecule has 8 heteroatoms. The van der Waals surface area contributed by atoms with Crippen molar-refractivity contribution in [2.75, 3.05) is 11.1 Å². The minimum Gasteiger partial charge on any atom is -0.348 e. The Morgan fingerprint density at radius 2 is 2.08 bits per heavy atom. The largest absolute Gasteiger partial charge is 0.348 e. The van der Waals surface area contributed by atoms with Gasteiger partial charge in [-0.1, -0.05) is 41.3 Å². The number of nitrogens with one attached hydrogen (secondary N) is 2. The zero-order valence-electron chi connectivity index (χ0n) is 14.8. The zero-order valence-corrected chi connectivity index (χ0v) is 17.2. The summed E-state index contributed by atoms with van der Waals surface area (Å²) in [6.07, 6.45) is 0. The molecule has 0 radical (unpaired) electrons. The molecule has 2 N–H and O–H groups in total. The van der Waals surface area contributed by atoms with Crippen LogP contribution in [-0.4, -0.2) is 21.9 Å². The second-order valence-corrected chi connectivity index (χ2v) is 9.02. The summed E-state index contributed by atoms with van der Waals surface area (Å²) >= 11 is 4.50. The van der Waals surface area contributed by atoms with Gasteiger partial charge in [0.15, 0.2) is 4.34 Å². The highest BCUT2D eigenvalue weighted by atomic mass is 32.2. The Labute approximate surface area is 165 Å². The van der Waals surface area contributed by atoms with E-state index >= 15 is 0 Å². The van der Waals surface area contributed by atoms with Gasteiger partial charge in [-0.05, 0) is 49.4 Å². The topological polar surface area (TPSA) is 66.9 Å². The Hall–Kier alpha value is -1.90. The quantitative estimate of drug-likeness (QED) is 0.547. The van der Waals surface area contributed by atoms with Gasteiger partial charge in [-0.2, -0.15) is 0 Å². The van der Waals surface area contributed by atoms with Crippen LogP contribution in [0.25, 0.3) is 0 Å². The van der Waals surface area contributed by atoms with Crippen LogP contribution < -0.4 is 10.6 Å². The van der Waals surface area contributed by atoms with Gasteiger partial charge in [-0.15, -0.1) is 21.5 Å². The van der Waals surface area contributed by atoms with Gasteiger partial charge in [-0.3, -0.25) is 4.79 Å². The highest BCUT2D eigenvalue weighted by molar-refractivity contribution is 8.01. The van der Waals surface area contributed by atoms with Gasteiger partial charge in [0, 0.05) is 10.6 Å². The third-order valence-electron chi connectivity index (χ3n) is 3.93. The number of anilines is 2. The third-order valence-corrected chi connectivity index (χ3v) is 6.95. The molecule has 3 aromatic rings. The van der Waals surface area contributed by atoms with Crippen LogP contribution in [0.4, 0.5) is 10.8 Å². The molecular formula is C18H20N4OS3. The number of carbonyl (C=O) groups excluding carboxylic acids is 1. The number of thioether (sulfide) groups is 1. The van der Waals surface area contributed by atoms with E-state index in [4.69, 9.17) is 0 Å². The van der Waals surface area contributed by atoms with Crippen LogP contribution in [0.5, 0.6) is 0 Å². The molecule has 1 unspecified atom stereocenters. The Morgan fingerprint density at radius 1 is 1.23 bits per heavy atom. The lowest BCUT2D eigenvalue weighted by molar-refractivity contribution is -0.119. The number of benzene rings is 1. The molecule has 0 fully saturated rings. The average molecular weight is 405 g/mol. The molecule has 2 heterocycles. The first-order chi connectivity index (χ1) is 12.5. The average Bonchev–Trinajstić information content (AvgIpc) is 3.29. The summed E-state index contributed by atoms with van der Waals surface area (Å²) in [5.41, 5.74) is 3.45. The van der Waals surface area contributed by atoms with Crippen LogP contribution in [0, 0.1) is 13.8 Å². The van der Waals surface area contributed by atoms with Crippen molar-refractivity contribution in [2.24, 2.45) is 0 Å². The predicted molar refractivity (Wildman–Crippen MR) is 111 cm³/mol. The van der Waals surface area contributed by atoms with E-state index < -0.39 is 0 Å². The smallest absolute Gasteiger partial charge is 0.230 e. The van der Waals surface area contributed by atoms with Gasteiger partial charge in [-0.25, -0.2) is 0 Å². The van der Waals surface area contributed by atoms with Crippen molar-refractivity contribution in [2.45, 2.75) is 31.2 Å². The van der Waals surface area contributed by atoms with Gasteiger partial charge in [0.2, 0.25) is 11.0 Å². The standard InChI is InChI=1S/C18H20N4OS3/c1-11-6-4-7-14(12(11)2)20-17-21-22-18(26-17)25-10-16(23)19-13(3)15-8-5-9-24-15/h4-9,13H,10H2,1-3H3,(H,19,23)(H,20,21). The number of aromatic nitrogens is 2. The van der Waals surface area contributed by atoms with Crippen molar-refractivity contribution in [3.8, 4) is 0 Å². The van der Waals surface area contributed by atoms with Crippen LogP contribution in [0.2, 0.25) is 0 Å². The first-order valence-corrected chi connectivity index (χ1v) is 10.8. The molecule has 0 spiro atoms. The Bertz CT molecular complexity index is 876. The summed E-state index contributed by atoms with van der Waals surface area (Å²) in [7, 11) is 0. The number of carbonyl (C=O) groups is 1. The predicted octanol–water partition coefficient (Wildman–Crippen LogP) is 4.93. The summed E-state index contributed by atoms with van der Waals surface area (Å²) in [6.45, 7) is 6.15. The lowest BCUT2D eigenvalue weighted by Crippen LogP contribution is -2.27. The second kappa shape index (κ2) is 8.66. The number of thiophene rings is 1. The maximum Gasteiger partial charge on any atom is 0.230 e. The number of hydrogen-bond donors (Lipinski definition) is 2. The normalized spacial score (nSPS) is 12.0. The summed E-state index contributed by atoms with van der Waals surface area (Å²) < 4.78 is 0.775. The molecule has 0 saturated carbocycles. The summed E-state index contributed by atoms with van der Waals surface area (Å²) in [6, 6.07) is 10.2. The summed E-state index contributed by atoms with van der Waals surface area (Å²) in [4.78, 5) is 13.3. The molecule has 0 saturated heterocycles. The maximum atomic E-state index is 12.1. The van der Waals surface area contributed by atoms with E-state index in [1.807, 2.05) is 36.6 Å². The van der Waals surface area contributed by atoms with Crippen LogP contribution in [-0.2, 0) is 4.79 Å². The van der Waals surface area contributed by atoms with Crippen LogP contribution in [0.15, 0.2) is 40.1 Å². The lowest BCUT2D eigenvalue weighted by Gasteiger charge is -2.11. The van der Waals surface area contributed by atoms with Crippen molar-refractivity contribution in [1.82, 2.24) is 15.5 Å². The molecule has 1 aromatic carbocycles. The van der Waals surface area contributed by atoms with E-state index in [0.29, 0.717) is 5.75 Å². The van der Waals surface area contributed by atoms with Crippen molar-refractivity contribution in [3.05, 3.63) is 51.7 Å².